The number of nitrogens with one attached hydrogen (secondary N) is 1. The van der Waals surface area contributed by atoms with Gasteiger partial charge in [0.05, 0.1) is 21.6 Å². The van der Waals surface area contributed by atoms with Crippen LogP contribution in [0.15, 0.2) is 38.9 Å². The van der Waals surface area contributed by atoms with Crippen LogP contribution in [0.4, 0.5) is 5.82 Å². The van der Waals surface area contributed by atoms with Gasteiger partial charge in [0.1, 0.15) is 22.9 Å². The fourth-order valence-electron chi connectivity index (χ4n) is 4.30. The number of thioether (sulfide) groups is 4. The molecule has 2 aromatic rings. The van der Waals surface area contributed by atoms with Gasteiger partial charge in [0.25, 0.3) is 5.91 Å². The molecule has 2 atom stereocenters. The predicted octanol–water partition coefficient (Wildman–Crippen LogP) is 4.13. The number of halogens is 2. The topological polar surface area (TPSA) is 139 Å². The molecule has 15 heteroatoms. The van der Waals surface area contributed by atoms with Crippen molar-refractivity contribution in [1.29, 1.82) is 0 Å². The number of rotatable bonds is 9. The number of carbonyl (C=O) groups is 3. The third kappa shape index (κ3) is 5.73. The number of β-lactam (4-membered cyclic amide) rings is 1. The number of carboxylic acid groups (broad SMARTS) is 1. The van der Waals surface area contributed by atoms with Gasteiger partial charge in [-0.3, -0.25) is 14.5 Å². The molecule has 5 rings (SSSR count). The van der Waals surface area contributed by atoms with Crippen molar-refractivity contribution in [3.05, 3.63) is 50.1 Å². The normalized spacial score (nSPS) is 20.2. The number of amides is 2. The zero-order valence-corrected chi connectivity index (χ0v) is 24.4. The van der Waals surface area contributed by atoms with Gasteiger partial charge in [-0.1, -0.05) is 35.0 Å². The number of carboxylic acids is 1. The first kappa shape index (κ1) is 27.8. The monoisotopic (exact) mass is 629 g/mol. The predicted molar refractivity (Wildman–Crippen MR) is 154 cm³/mol. The van der Waals surface area contributed by atoms with Crippen LogP contribution in [-0.2, 0) is 27.2 Å². The summed E-state index contributed by atoms with van der Waals surface area (Å²) in [5.41, 5.74) is 8.04. The number of hydrogen-bond acceptors (Lipinski definition) is 10. The van der Waals surface area contributed by atoms with Crippen LogP contribution in [-0.4, -0.2) is 65.8 Å². The molecule has 0 saturated carbocycles. The molecule has 4 N–H and O–H groups in total. The van der Waals surface area contributed by atoms with Gasteiger partial charge in [-0.15, -0.1) is 35.3 Å². The summed E-state index contributed by atoms with van der Waals surface area (Å²) in [5.74, 6) is -1.01. The maximum atomic E-state index is 12.9. The lowest BCUT2D eigenvalue weighted by Crippen LogP contribution is -2.70. The Bertz CT molecular complexity index is 1360. The standard InChI is InChI=1S/C23H21Cl2N5O4S4/c24-10-4-5-12(25)14(6-10)35-8-16(31)28-17-20(32)30-18(22(33)34)15(7-36-21(17)30)37-9-38-23-27-13-3-1-2-11(13)19(26)29-23/h4-6,17,21H,1-3,7-9H2,(H,28,31)(H,33,34)(H2,26,27,29). The van der Waals surface area contributed by atoms with Gasteiger partial charge in [0.2, 0.25) is 5.91 Å². The Kier molecular flexibility index (Phi) is 8.60. The van der Waals surface area contributed by atoms with Crippen molar-refractivity contribution >= 4 is 93.9 Å². The zero-order valence-electron chi connectivity index (χ0n) is 19.6. The summed E-state index contributed by atoms with van der Waals surface area (Å²) in [4.78, 5) is 49.0. The maximum Gasteiger partial charge on any atom is 0.353 e. The van der Waals surface area contributed by atoms with Crippen molar-refractivity contribution in [3.8, 4) is 0 Å². The molecule has 2 unspecified atom stereocenters. The van der Waals surface area contributed by atoms with Gasteiger partial charge in [-0.2, -0.15) is 0 Å². The number of hydrogen-bond donors (Lipinski definition) is 3. The Hall–Kier alpha value is -1.77. The first-order chi connectivity index (χ1) is 18.2. The second-order valence-electron chi connectivity index (χ2n) is 8.47. The minimum Gasteiger partial charge on any atom is -0.477 e. The number of nitrogens with zero attached hydrogens (tertiary/aromatic N) is 3. The van der Waals surface area contributed by atoms with E-state index in [1.807, 2.05) is 0 Å². The molecular formula is C23H21Cl2N5O4S4. The zero-order chi connectivity index (χ0) is 27.0. The molecule has 2 aliphatic heterocycles. The van der Waals surface area contributed by atoms with E-state index in [9.17, 15) is 19.5 Å². The SMILES string of the molecule is Nc1nc(SCSC2=C(C(=O)O)N3C(=O)C(NC(=O)CSc4cc(Cl)ccc4Cl)C3SC2)nc2c1CCC2. The quantitative estimate of drug-likeness (QED) is 0.160. The molecule has 1 aromatic carbocycles. The van der Waals surface area contributed by atoms with E-state index >= 15 is 0 Å². The highest BCUT2D eigenvalue weighted by molar-refractivity contribution is 8.18. The molecule has 200 valence electrons. The van der Waals surface area contributed by atoms with E-state index in [2.05, 4.69) is 15.3 Å². The number of aliphatic carboxylic acids is 1. The van der Waals surface area contributed by atoms with Crippen LogP contribution in [0, 0.1) is 0 Å². The van der Waals surface area contributed by atoms with Crippen LogP contribution in [0.2, 0.25) is 10.0 Å². The van der Waals surface area contributed by atoms with Crippen LogP contribution in [0.3, 0.4) is 0 Å². The minimum absolute atomic E-state index is 0.0377. The van der Waals surface area contributed by atoms with Crippen LogP contribution in [0.25, 0.3) is 0 Å². The molecule has 3 heterocycles. The van der Waals surface area contributed by atoms with Gasteiger partial charge in [0.15, 0.2) is 5.16 Å². The number of nitrogens with two attached hydrogens (primary N) is 1. The van der Waals surface area contributed by atoms with Crippen LogP contribution >= 0.6 is 70.2 Å². The molecule has 3 aliphatic rings. The van der Waals surface area contributed by atoms with E-state index in [4.69, 9.17) is 28.9 Å². The highest BCUT2D eigenvalue weighted by Gasteiger charge is 2.54. The van der Waals surface area contributed by atoms with E-state index < -0.39 is 23.3 Å². The Morgan fingerprint density at radius 1 is 1.21 bits per heavy atom. The maximum absolute atomic E-state index is 12.9. The number of fused-ring (bicyclic) bond motifs is 2. The average molecular weight is 631 g/mol. The van der Waals surface area contributed by atoms with Gasteiger partial charge < -0.3 is 16.2 Å². The Morgan fingerprint density at radius 3 is 2.82 bits per heavy atom. The van der Waals surface area contributed by atoms with Crippen molar-refractivity contribution in [1.82, 2.24) is 20.2 Å². The van der Waals surface area contributed by atoms with Crippen LogP contribution in [0.1, 0.15) is 17.7 Å². The number of nitrogen functional groups attached to an aromatic ring is 1. The molecule has 38 heavy (non-hydrogen) atoms. The molecule has 1 aliphatic carbocycles. The molecule has 9 nitrogen and oxygen atoms in total. The van der Waals surface area contributed by atoms with Crippen molar-refractivity contribution < 1.29 is 19.5 Å². The fraction of sp³-hybridized carbons (Fsp3) is 0.348. The number of aromatic nitrogens is 2. The lowest BCUT2D eigenvalue weighted by molar-refractivity contribution is -0.150. The second kappa shape index (κ2) is 11.8. The van der Waals surface area contributed by atoms with Gasteiger partial charge in [0, 0.05) is 26.1 Å². The van der Waals surface area contributed by atoms with E-state index in [0.29, 0.717) is 41.7 Å². The van der Waals surface area contributed by atoms with E-state index in [1.54, 1.807) is 18.2 Å². The van der Waals surface area contributed by atoms with Gasteiger partial charge >= 0.3 is 5.97 Å². The lowest BCUT2D eigenvalue weighted by Gasteiger charge is -2.49. The Morgan fingerprint density at radius 2 is 2.03 bits per heavy atom. The first-order valence-corrected chi connectivity index (χ1v) is 16.2. The highest BCUT2D eigenvalue weighted by Crippen LogP contribution is 2.44. The number of benzene rings is 1. The summed E-state index contributed by atoms with van der Waals surface area (Å²) in [7, 11) is 0. The largest absolute Gasteiger partial charge is 0.477 e. The van der Waals surface area contributed by atoms with Gasteiger partial charge in [-0.25, -0.2) is 14.8 Å². The molecule has 1 fully saturated rings. The van der Waals surface area contributed by atoms with E-state index in [-0.39, 0.29) is 17.4 Å². The molecule has 0 spiro atoms. The molecule has 1 saturated heterocycles. The van der Waals surface area contributed by atoms with Crippen molar-refractivity contribution in [2.45, 2.75) is 40.7 Å². The molecular weight excluding hydrogens is 609 g/mol. The Balaban J connectivity index is 1.19. The van der Waals surface area contributed by atoms with Crippen LogP contribution < -0.4 is 11.1 Å². The summed E-state index contributed by atoms with van der Waals surface area (Å²) >= 11 is 17.5. The molecule has 2 amide bonds. The number of anilines is 1. The molecule has 0 bridgehead atoms. The average Bonchev–Trinajstić information content (AvgIpc) is 3.36. The highest BCUT2D eigenvalue weighted by atomic mass is 35.5. The van der Waals surface area contributed by atoms with Crippen molar-refractivity contribution in [2.75, 3.05) is 22.3 Å². The molecule has 1 aromatic heterocycles. The second-order valence-corrected chi connectivity index (χ2v) is 13.8. The third-order valence-electron chi connectivity index (χ3n) is 6.07. The minimum atomic E-state index is -1.18. The number of carbonyl (C=O) groups excluding carboxylic acids is 2. The van der Waals surface area contributed by atoms with Crippen LogP contribution in [0.5, 0.6) is 0 Å². The summed E-state index contributed by atoms with van der Waals surface area (Å²) in [6.45, 7) is 0. The first-order valence-electron chi connectivity index (χ1n) is 11.4. The lowest BCUT2D eigenvalue weighted by atomic mass is 10.1. The molecule has 0 radical (unpaired) electrons. The number of aryl methyl sites for hydroxylation is 1. The van der Waals surface area contributed by atoms with E-state index in [1.165, 1.54) is 51.9 Å². The van der Waals surface area contributed by atoms with Crippen molar-refractivity contribution in [3.63, 3.8) is 0 Å². The van der Waals surface area contributed by atoms with Gasteiger partial charge in [-0.05, 0) is 37.5 Å². The smallest absolute Gasteiger partial charge is 0.353 e. The summed E-state index contributed by atoms with van der Waals surface area (Å²) in [6.07, 6.45) is 2.80. The summed E-state index contributed by atoms with van der Waals surface area (Å²) in [6, 6.07) is 4.19. The van der Waals surface area contributed by atoms with E-state index in [0.717, 1.165) is 30.5 Å². The summed E-state index contributed by atoms with van der Waals surface area (Å²) < 4.78 is 0. The third-order valence-corrected chi connectivity index (χ3v) is 11.3. The summed E-state index contributed by atoms with van der Waals surface area (Å²) in [5, 5.41) is 14.2. The fourth-order valence-corrected chi connectivity index (χ4v) is 9.23. The Labute approximate surface area is 245 Å². The van der Waals surface area contributed by atoms with Crippen molar-refractivity contribution in [2.24, 2.45) is 0 Å².